The molecule has 0 radical (unpaired) electrons. The van der Waals surface area contributed by atoms with Gasteiger partial charge in [-0.1, -0.05) is 13.0 Å². The minimum atomic E-state index is -0.116. The van der Waals surface area contributed by atoms with Crippen molar-refractivity contribution >= 4 is 22.5 Å². The Balaban J connectivity index is 1.67. The Bertz CT molecular complexity index is 751. The summed E-state index contributed by atoms with van der Waals surface area (Å²) in [6, 6.07) is 9.55. The molecule has 1 unspecified atom stereocenters. The summed E-state index contributed by atoms with van der Waals surface area (Å²) in [4.78, 5) is 16.3. The normalized spacial score (nSPS) is 12.2. The fourth-order valence-corrected chi connectivity index (χ4v) is 2.25. The van der Waals surface area contributed by atoms with Crippen molar-refractivity contribution in [1.82, 2.24) is 15.2 Å². The van der Waals surface area contributed by atoms with Gasteiger partial charge in [-0.15, -0.1) is 0 Å². The van der Waals surface area contributed by atoms with Gasteiger partial charge >= 0.3 is 0 Å². The number of rotatable bonds is 4. The minimum Gasteiger partial charge on any atom is -0.326 e. The van der Waals surface area contributed by atoms with Crippen LogP contribution >= 0.6 is 0 Å². The number of nitrogens with one attached hydrogen (secondary N) is 2. The molecule has 0 fully saturated rings. The molecule has 2 aromatic heterocycles. The van der Waals surface area contributed by atoms with E-state index in [0.29, 0.717) is 6.42 Å². The van der Waals surface area contributed by atoms with Gasteiger partial charge in [0.1, 0.15) is 0 Å². The topological polar surface area (TPSA) is 70.7 Å². The number of hydrogen-bond donors (Lipinski definition) is 2. The summed E-state index contributed by atoms with van der Waals surface area (Å²) >= 11 is 0. The molecule has 0 bridgehead atoms. The Labute approximate surface area is 122 Å². The van der Waals surface area contributed by atoms with E-state index in [9.17, 15) is 4.79 Å². The Kier molecular flexibility index (Phi) is 3.64. The average Bonchev–Trinajstić information content (AvgIpc) is 2.95. The number of benzene rings is 1. The maximum atomic E-state index is 12.2. The molecular formula is C16H16N4O. The highest BCUT2D eigenvalue weighted by Crippen LogP contribution is 2.18. The van der Waals surface area contributed by atoms with E-state index >= 15 is 0 Å². The lowest BCUT2D eigenvalue weighted by atomic mass is 10.0. The first-order valence-corrected chi connectivity index (χ1v) is 6.85. The van der Waals surface area contributed by atoms with Crippen LogP contribution in [0.5, 0.6) is 0 Å². The SMILES string of the molecule is CC(Cc1cccnc1)C(=O)Nc1ccc2[nH]ncc2c1. The molecule has 106 valence electrons. The summed E-state index contributed by atoms with van der Waals surface area (Å²) < 4.78 is 0. The van der Waals surface area contributed by atoms with Gasteiger partial charge in [-0.25, -0.2) is 0 Å². The molecule has 5 heteroatoms. The number of aromatic nitrogens is 3. The van der Waals surface area contributed by atoms with Crippen LogP contribution in [0.15, 0.2) is 48.9 Å². The predicted molar refractivity (Wildman–Crippen MR) is 81.8 cm³/mol. The predicted octanol–water partition coefficient (Wildman–Crippen LogP) is 2.78. The zero-order valence-electron chi connectivity index (χ0n) is 11.7. The van der Waals surface area contributed by atoms with Crippen molar-refractivity contribution in [3.8, 4) is 0 Å². The number of pyridine rings is 1. The van der Waals surface area contributed by atoms with Crippen LogP contribution in [0.2, 0.25) is 0 Å². The maximum absolute atomic E-state index is 12.2. The van der Waals surface area contributed by atoms with Crippen molar-refractivity contribution in [3.63, 3.8) is 0 Å². The van der Waals surface area contributed by atoms with Gasteiger partial charge in [0.2, 0.25) is 5.91 Å². The highest BCUT2D eigenvalue weighted by Gasteiger charge is 2.14. The first kappa shape index (κ1) is 13.3. The van der Waals surface area contributed by atoms with Crippen molar-refractivity contribution in [2.75, 3.05) is 5.32 Å². The molecule has 1 atom stereocenters. The Morgan fingerprint density at radius 1 is 1.33 bits per heavy atom. The van der Waals surface area contributed by atoms with Crippen molar-refractivity contribution in [2.45, 2.75) is 13.3 Å². The number of fused-ring (bicyclic) bond motifs is 1. The lowest BCUT2D eigenvalue weighted by Crippen LogP contribution is -2.22. The average molecular weight is 280 g/mol. The first-order valence-electron chi connectivity index (χ1n) is 6.85. The second-order valence-electron chi connectivity index (χ2n) is 5.13. The van der Waals surface area contributed by atoms with Crippen molar-refractivity contribution in [1.29, 1.82) is 0 Å². The number of aromatic amines is 1. The third kappa shape index (κ3) is 3.08. The fourth-order valence-electron chi connectivity index (χ4n) is 2.25. The molecule has 3 rings (SSSR count). The molecule has 0 spiro atoms. The minimum absolute atomic E-state index is 0.00157. The molecule has 1 amide bonds. The number of carbonyl (C=O) groups excluding carboxylic acids is 1. The van der Waals surface area contributed by atoms with E-state index in [0.717, 1.165) is 22.2 Å². The lowest BCUT2D eigenvalue weighted by Gasteiger charge is -2.12. The van der Waals surface area contributed by atoms with E-state index in [1.807, 2.05) is 37.3 Å². The quantitative estimate of drug-likeness (QED) is 0.772. The highest BCUT2D eigenvalue weighted by atomic mass is 16.1. The number of H-pyrrole nitrogens is 1. The van der Waals surface area contributed by atoms with Gasteiger partial charge < -0.3 is 5.32 Å². The van der Waals surface area contributed by atoms with E-state index in [2.05, 4.69) is 20.5 Å². The van der Waals surface area contributed by atoms with Crippen LogP contribution in [0.1, 0.15) is 12.5 Å². The van der Waals surface area contributed by atoms with Gasteiger partial charge in [0.05, 0.1) is 11.7 Å². The van der Waals surface area contributed by atoms with Crippen LogP contribution in [0.25, 0.3) is 10.9 Å². The largest absolute Gasteiger partial charge is 0.326 e. The summed E-state index contributed by atoms with van der Waals surface area (Å²) in [6.45, 7) is 1.92. The molecule has 2 heterocycles. The summed E-state index contributed by atoms with van der Waals surface area (Å²) in [5, 5.41) is 10.8. The molecule has 3 aromatic rings. The Hall–Kier alpha value is -2.69. The van der Waals surface area contributed by atoms with Gasteiger partial charge in [-0.3, -0.25) is 14.9 Å². The van der Waals surface area contributed by atoms with E-state index in [-0.39, 0.29) is 11.8 Å². The zero-order chi connectivity index (χ0) is 14.7. The summed E-state index contributed by atoms with van der Waals surface area (Å²) in [5.41, 5.74) is 2.80. The van der Waals surface area contributed by atoms with Gasteiger partial charge in [-0.2, -0.15) is 5.10 Å². The van der Waals surface area contributed by atoms with E-state index in [1.54, 1.807) is 18.6 Å². The van der Waals surface area contributed by atoms with Crippen LogP contribution < -0.4 is 5.32 Å². The van der Waals surface area contributed by atoms with Crippen LogP contribution in [-0.4, -0.2) is 21.1 Å². The molecule has 1 aromatic carbocycles. The number of nitrogens with zero attached hydrogens (tertiary/aromatic N) is 2. The molecule has 0 saturated carbocycles. The number of carbonyl (C=O) groups is 1. The molecule has 0 aliphatic heterocycles. The van der Waals surface area contributed by atoms with Crippen LogP contribution in [0.3, 0.4) is 0 Å². The standard InChI is InChI=1S/C16H16N4O/c1-11(7-12-3-2-6-17-9-12)16(21)19-14-4-5-15-13(8-14)10-18-20-15/h2-6,8-11H,7H2,1H3,(H,18,20)(H,19,21). The van der Waals surface area contributed by atoms with Crippen molar-refractivity contribution in [3.05, 3.63) is 54.5 Å². The van der Waals surface area contributed by atoms with Crippen molar-refractivity contribution < 1.29 is 4.79 Å². The van der Waals surface area contributed by atoms with Crippen LogP contribution in [-0.2, 0) is 11.2 Å². The van der Waals surface area contributed by atoms with Gasteiger partial charge in [0.25, 0.3) is 0 Å². The van der Waals surface area contributed by atoms with E-state index < -0.39 is 0 Å². The highest BCUT2D eigenvalue weighted by molar-refractivity contribution is 5.94. The maximum Gasteiger partial charge on any atom is 0.227 e. The second-order valence-corrected chi connectivity index (χ2v) is 5.13. The van der Waals surface area contributed by atoms with E-state index in [4.69, 9.17) is 0 Å². The second kappa shape index (κ2) is 5.75. The lowest BCUT2D eigenvalue weighted by molar-refractivity contribution is -0.119. The van der Waals surface area contributed by atoms with Crippen LogP contribution in [0, 0.1) is 5.92 Å². The molecule has 0 aliphatic rings. The van der Waals surface area contributed by atoms with Crippen molar-refractivity contribution in [2.24, 2.45) is 5.92 Å². The Morgan fingerprint density at radius 2 is 2.24 bits per heavy atom. The number of hydrogen-bond acceptors (Lipinski definition) is 3. The zero-order valence-corrected chi connectivity index (χ0v) is 11.7. The summed E-state index contributed by atoms with van der Waals surface area (Å²) in [7, 11) is 0. The molecule has 0 saturated heterocycles. The van der Waals surface area contributed by atoms with Gasteiger partial charge in [0.15, 0.2) is 0 Å². The molecule has 2 N–H and O–H groups in total. The smallest absolute Gasteiger partial charge is 0.227 e. The molecule has 0 aliphatic carbocycles. The third-order valence-corrected chi connectivity index (χ3v) is 3.42. The Morgan fingerprint density at radius 3 is 3.05 bits per heavy atom. The summed E-state index contributed by atoms with van der Waals surface area (Å²) in [6.07, 6.45) is 5.94. The molecule has 5 nitrogen and oxygen atoms in total. The third-order valence-electron chi connectivity index (χ3n) is 3.42. The van der Waals surface area contributed by atoms with Gasteiger partial charge in [0, 0.05) is 29.4 Å². The summed E-state index contributed by atoms with van der Waals surface area (Å²) in [5.74, 6) is -0.115. The first-order chi connectivity index (χ1) is 10.2. The fraction of sp³-hybridized carbons (Fsp3) is 0.188. The van der Waals surface area contributed by atoms with Gasteiger partial charge in [-0.05, 0) is 36.2 Å². The van der Waals surface area contributed by atoms with Crippen LogP contribution in [0.4, 0.5) is 5.69 Å². The molecular weight excluding hydrogens is 264 g/mol. The number of amides is 1. The monoisotopic (exact) mass is 280 g/mol. The number of anilines is 1. The molecule has 21 heavy (non-hydrogen) atoms. The van der Waals surface area contributed by atoms with E-state index in [1.165, 1.54) is 0 Å².